The fourth-order valence-electron chi connectivity index (χ4n) is 3.67. The van der Waals surface area contributed by atoms with Gasteiger partial charge in [0.05, 0.1) is 11.6 Å². The summed E-state index contributed by atoms with van der Waals surface area (Å²) < 4.78 is 0. The van der Waals surface area contributed by atoms with Crippen molar-refractivity contribution in [1.82, 2.24) is 0 Å². The van der Waals surface area contributed by atoms with Gasteiger partial charge in [-0.1, -0.05) is 54.1 Å². The molecule has 0 bridgehead atoms. The summed E-state index contributed by atoms with van der Waals surface area (Å²) >= 11 is 6.03. The van der Waals surface area contributed by atoms with Crippen molar-refractivity contribution in [1.29, 1.82) is 0 Å². The smallest absolute Gasteiger partial charge is 0.300 e. The van der Waals surface area contributed by atoms with Crippen LogP contribution in [-0.4, -0.2) is 22.6 Å². The van der Waals surface area contributed by atoms with Gasteiger partial charge >= 0.3 is 0 Å². The Hall–Kier alpha value is -3.70. The van der Waals surface area contributed by atoms with Crippen LogP contribution in [0.4, 0.5) is 5.69 Å². The molecule has 1 N–H and O–H groups in total. The van der Waals surface area contributed by atoms with Gasteiger partial charge in [-0.2, -0.15) is 0 Å². The summed E-state index contributed by atoms with van der Waals surface area (Å²) in [4.78, 5) is 39.1. The van der Waals surface area contributed by atoms with Crippen LogP contribution < -0.4 is 4.90 Å². The fraction of sp³-hybridized carbons (Fsp3) is 0.0800. The van der Waals surface area contributed by atoms with Crippen LogP contribution >= 0.6 is 11.6 Å². The van der Waals surface area contributed by atoms with Crippen LogP contribution in [0.5, 0.6) is 0 Å². The monoisotopic (exact) mass is 431 g/mol. The molecule has 3 aromatic carbocycles. The van der Waals surface area contributed by atoms with E-state index in [0.717, 1.165) is 0 Å². The maximum atomic E-state index is 13.1. The summed E-state index contributed by atoms with van der Waals surface area (Å²) in [7, 11) is 0. The van der Waals surface area contributed by atoms with Crippen LogP contribution in [0.1, 0.15) is 34.5 Å². The van der Waals surface area contributed by atoms with E-state index in [-0.39, 0.29) is 17.1 Å². The van der Waals surface area contributed by atoms with E-state index in [1.807, 2.05) is 0 Å². The molecule has 0 radical (unpaired) electrons. The van der Waals surface area contributed by atoms with Crippen LogP contribution in [0.3, 0.4) is 0 Å². The standard InChI is InChI=1S/C25H18ClNO4/c1-15(28)16-9-13-20(14-10-16)27-22(17-7-11-19(26)12-8-17)21(24(30)25(27)31)23(29)18-5-3-2-4-6-18/h2-14,22,29H,1H3/b23-21+/t22-/m1/s1. The van der Waals surface area contributed by atoms with Crippen molar-refractivity contribution < 1.29 is 19.5 Å². The van der Waals surface area contributed by atoms with E-state index in [9.17, 15) is 19.5 Å². The van der Waals surface area contributed by atoms with E-state index in [4.69, 9.17) is 11.6 Å². The normalized spacial score (nSPS) is 17.7. The number of hydrogen-bond acceptors (Lipinski definition) is 4. The van der Waals surface area contributed by atoms with Crippen molar-refractivity contribution in [2.24, 2.45) is 0 Å². The average molecular weight is 432 g/mol. The zero-order valence-electron chi connectivity index (χ0n) is 16.6. The third kappa shape index (κ3) is 3.76. The Balaban J connectivity index is 1.91. The lowest BCUT2D eigenvalue weighted by Crippen LogP contribution is -2.29. The molecule has 1 aliphatic heterocycles. The van der Waals surface area contributed by atoms with Gasteiger partial charge < -0.3 is 5.11 Å². The number of ketones is 2. The molecular weight excluding hydrogens is 414 g/mol. The molecule has 1 atom stereocenters. The van der Waals surface area contributed by atoms with E-state index in [0.29, 0.717) is 27.4 Å². The molecule has 1 amide bonds. The lowest BCUT2D eigenvalue weighted by molar-refractivity contribution is -0.132. The first-order valence-electron chi connectivity index (χ1n) is 9.61. The zero-order chi connectivity index (χ0) is 22.1. The van der Waals surface area contributed by atoms with E-state index in [2.05, 4.69) is 0 Å². The number of aliphatic hydroxyl groups excluding tert-OH is 1. The van der Waals surface area contributed by atoms with E-state index in [1.54, 1.807) is 78.9 Å². The summed E-state index contributed by atoms with van der Waals surface area (Å²) in [6.07, 6.45) is 0. The molecule has 0 aromatic heterocycles. The van der Waals surface area contributed by atoms with Gasteiger partial charge in [0.25, 0.3) is 11.7 Å². The van der Waals surface area contributed by atoms with Gasteiger partial charge in [-0.05, 0) is 48.9 Å². The summed E-state index contributed by atoms with van der Waals surface area (Å²) in [6.45, 7) is 1.45. The quantitative estimate of drug-likeness (QED) is 0.267. The van der Waals surface area contributed by atoms with Crippen molar-refractivity contribution in [3.63, 3.8) is 0 Å². The molecular formula is C25H18ClNO4. The van der Waals surface area contributed by atoms with Crippen molar-refractivity contribution in [3.05, 3.63) is 106 Å². The predicted octanol–water partition coefficient (Wildman–Crippen LogP) is 5.17. The fourth-order valence-corrected chi connectivity index (χ4v) is 3.79. The highest BCUT2D eigenvalue weighted by atomic mass is 35.5. The molecule has 154 valence electrons. The Bertz CT molecular complexity index is 1200. The van der Waals surface area contributed by atoms with Gasteiger partial charge in [0.2, 0.25) is 0 Å². The van der Waals surface area contributed by atoms with Crippen molar-refractivity contribution in [2.75, 3.05) is 4.90 Å². The number of benzene rings is 3. The third-order valence-electron chi connectivity index (χ3n) is 5.23. The summed E-state index contributed by atoms with van der Waals surface area (Å²) in [5.41, 5.74) is 1.99. The third-order valence-corrected chi connectivity index (χ3v) is 5.48. The Morgan fingerprint density at radius 2 is 1.48 bits per heavy atom. The average Bonchev–Trinajstić information content (AvgIpc) is 3.05. The van der Waals surface area contributed by atoms with Crippen LogP contribution in [0, 0.1) is 0 Å². The van der Waals surface area contributed by atoms with Crippen molar-refractivity contribution in [3.8, 4) is 0 Å². The van der Waals surface area contributed by atoms with Crippen LogP contribution in [0.2, 0.25) is 5.02 Å². The predicted molar refractivity (Wildman–Crippen MR) is 119 cm³/mol. The number of carbonyl (C=O) groups excluding carboxylic acids is 3. The summed E-state index contributed by atoms with van der Waals surface area (Å²) in [5.74, 6) is -1.89. The minimum atomic E-state index is -0.847. The van der Waals surface area contributed by atoms with E-state index in [1.165, 1.54) is 11.8 Å². The minimum absolute atomic E-state index is 0.00540. The number of halogens is 1. The van der Waals surface area contributed by atoms with Gasteiger partial charge in [0.1, 0.15) is 5.76 Å². The Kier molecular flexibility index (Phi) is 5.44. The largest absolute Gasteiger partial charge is 0.507 e. The first-order valence-corrected chi connectivity index (χ1v) is 9.99. The van der Waals surface area contributed by atoms with Crippen LogP contribution in [-0.2, 0) is 9.59 Å². The maximum Gasteiger partial charge on any atom is 0.300 e. The number of aliphatic hydroxyl groups is 1. The first-order chi connectivity index (χ1) is 14.9. The molecule has 3 aromatic rings. The Morgan fingerprint density at radius 1 is 0.871 bits per heavy atom. The second-order valence-corrected chi connectivity index (χ2v) is 7.63. The van der Waals surface area contributed by atoms with Gasteiger partial charge in [0, 0.05) is 21.8 Å². The molecule has 4 rings (SSSR count). The zero-order valence-corrected chi connectivity index (χ0v) is 17.3. The topological polar surface area (TPSA) is 74.7 Å². The second-order valence-electron chi connectivity index (χ2n) is 7.19. The lowest BCUT2D eigenvalue weighted by atomic mass is 9.95. The molecule has 0 unspecified atom stereocenters. The summed E-state index contributed by atoms with van der Waals surface area (Å²) in [6, 6.07) is 21.0. The molecule has 0 saturated carbocycles. The number of rotatable bonds is 4. The number of amides is 1. The molecule has 1 saturated heterocycles. The highest BCUT2D eigenvalue weighted by Gasteiger charge is 2.46. The van der Waals surface area contributed by atoms with Crippen LogP contribution in [0.15, 0.2) is 84.4 Å². The SMILES string of the molecule is CC(=O)c1ccc(N2C(=O)C(=O)/C(=C(/O)c3ccccc3)[C@H]2c2ccc(Cl)cc2)cc1. The lowest BCUT2D eigenvalue weighted by Gasteiger charge is -2.25. The Morgan fingerprint density at radius 3 is 2.06 bits per heavy atom. The molecule has 1 fully saturated rings. The molecule has 31 heavy (non-hydrogen) atoms. The van der Waals surface area contributed by atoms with Crippen molar-refractivity contribution in [2.45, 2.75) is 13.0 Å². The molecule has 6 heteroatoms. The van der Waals surface area contributed by atoms with Gasteiger partial charge in [-0.3, -0.25) is 19.3 Å². The Labute approximate surface area is 184 Å². The second kappa shape index (κ2) is 8.20. The molecule has 0 aliphatic carbocycles. The van der Waals surface area contributed by atoms with Gasteiger partial charge in [-0.25, -0.2) is 0 Å². The number of hydrogen-bond donors (Lipinski definition) is 1. The van der Waals surface area contributed by atoms with E-state index < -0.39 is 17.7 Å². The molecule has 1 heterocycles. The molecule has 0 spiro atoms. The number of Topliss-reactive ketones (excluding diaryl/α,β-unsaturated/α-hetero) is 2. The first kappa shape index (κ1) is 20.6. The van der Waals surface area contributed by atoms with Gasteiger partial charge in [-0.15, -0.1) is 0 Å². The van der Waals surface area contributed by atoms with E-state index >= 15 is 0 Å². The van der Waals surface area contributed by atoms with Crippen LogP contribution in [0.25, 0.3) is 5.76 Å². The number of anilines is 1. The highest BCUT2D eigenvalue weighted by Crippen LogP contribution is 2.42. The van der Waals surface area contributed by atoms with Gasteiger partial charge in [0.15, 0.2) is 5.78 Å². The maximum absolute atomic E-state index is 13.1. The number of nitrogens with zero attached hydrogens (tertiary/aromatic N) is 1. The number of carbonyl (C=O) groups is 3. The molecule has 1 aliphatic rings. The summed E-state index contributed by atoms with van der Waals surface area (Å²) in [5, 5.41) is 11.5. The van der Waals surface area contributed by atoms with Crippen molar-refractivity contribution >= 4 is 40.5 Å². The highest BCUT2D eigenvalue weighted by molar-refractivity contribution is 6.51. The molecule has 5 nitrogen and oxygen atoms in total. The minimum Gasteiger partial charge on any atom is -0.507 e.